The quantitative estimate of drug-likeness (QED) is 0.616. The minimum atomic E-state index is -0.100. The summed E-state index contributed by atoms with van der Waals surface area (Å²) in [5, 5.41) is 0.497. The highest BCUT2D eigenvalue weighted by Gasteiger charge is 2.13. The highest BCUT2D eigenvalue weighted by Crippen LogP contribution is 2.24. The largest absolute Gasteiger partial charge is 0.288 e. The zero-order valence-corrected chi connectivity index (χ0v) is 11.1. The third-order valence-corrected chi connectivity index (χ3v) is 3.74. The lowest BCUT2D eigenvalue weighted by molar-refractivity contribution is 0.103. The molecule has 0 aliphatic heterocycles. The first-order chi connectivity index (χ1) is 7.70. The van der Waals surface area contributed by atoms with Crippen LogP contribution in [0.3, 0.4) is 0 Å². The van der Waals surface area contributed by atoms with Gasteiger partial charge in [-0.15, -0.1) is 0 Å². The van der Waals surface area contributed by atoms with E-state index in [-0.39, 0.29) is 5.78 Å². The van der Waals surface area contributed by atoms with Crippen molar-refractivity contribution in [2.24, 2.45) is 0 Å². The van der Waals surface area contributed by atoms with Crippen LogP contribution in [0, 0.1) is 3.57 Å². The predicted octanol–water partition coefficient (Wildman–Crippen LogP) is 3.57. The Bertz CT molecular complexity index is 528. The van der Waals surface area contributed by atoms with E-state index in [2.05, 4.69) is 27.6 Å². The van der Waals surface area contributed by atoms with Crippen LogP contribution in [0.2, 0.25) is 5.02 Å². The van der Waals surface area contributed by atoms with Crippen molar-refractivity contribution in [2.45, 2.75) is 0 Å². The SMILES string of the molecule is O=C(c1cccnc1)c1cccc(I)c1Cl. The lowest BCUT2D eigenvalue weighted by Crippen LogP contribution is -2.03. The van der Waals surface area contributed by atoms with Crippen molar-refractivity contribution in [3.63, 3.8) is 0 Å². The summed E-state index contributed by atoms with van der Waals surface area (Å²) in [5.41, 5.74) is 1.06. The van der Waals surface area contributed by atoms with Crippen LogP contribution < -0.4 is 0 Å². The number of carbonyl (C=O) groups excluding carboxylic acids is 1. The topological polar surface area (TPSA) is 30.0 Å². The Morgan fingerprint density at radius 3 is 2.75 bits per heavy atom. The smallest absolute Gasteiger partial charge is 0.196 e. The lowest BCUT2D eigenvalue weighted by Gasteiger charge is -2.04. The van der Waals surface area contributed by atoms with Crippen molar-refractivity contribution in [1.29, 1.82) is 0 Å². The zero-order chi connectivity index (χ0) is 11.5. The number of hydrogen-bond donors (Lipinski definition) is 0. The molecule has 0 spiro atoms. The molecule has 0 radical (unpaired) electrons. The van der Waals surface area contributed by atoms with E-state index < -0.39 is 0 Å². The Morgan fingerprint density at radius 1 is 1.25 bits per heavy atom. The molecular formula is C12H7ClINO. The van der Waals surface area contributed by atoms with Crippen LogP contribution in [0.1, 0.15) is 15.9 Å². The second kappa shape index (κ2) is 4.93. The van der Waals surface area contributed by atoms with Gasteiger partial charge in [0, 0.05) is 27.1 Å². The third-order valence-electron chi connectivity index (χ3n) is 2.12. The molecule has 0 unspecified atom stereocenters. The Hall–Kier alpha value is -0.940. The highest BCUT2D eigenvalue weighted by molar-refractivity contribution is 14.1. The number of pyridine rings is 1. The first kappa shape index (κ1) is 11.5. The Morgan fingerprint density at radius 2 is 2.06 bits per heavy atom. The van der Waals surface area contributed by atoms with Gasteiger partial charge in [-0.3, -0.25) is 9.78 Å². The average molecular weight is 344 g/mol. The maximum absolute atomic E-state index is 12.1. The third kappa shape index (κ3) is 2.25. The van der Waals surface area contributed by atoms with Crippen LogP contribution in [0.15, 0.2) is 42.7 Å². The summed E-state index contributed by atoms with van der Waals surface area (Å²) < 4.78 is 0.869. The summed E-state index contributed by atoms with van der Waals surface area (Å²) in [7, 11) is 0. The zero-order valence-electron chi connectivity index (χ0n) is 8.15. The maximum Gasteiger partial charge on any atom is 0.196 e. The van der Waals surface area contributed by atoms with Gasteiger partial charge in [0.15, 0.2) is 5.78 Å². The fraction of sp³-hybridized carbons (Fsp3) is 0. The Balaban J connectivity index is 2.46. The monoisotopic (exact) mass is 343 g/mol. The van der Waals surface area contributed by atoms with Crippen LogP contribution in [-0.2, 0) is 0 Å². The standard InChI is InChI=1S/C12H7ClINO/c13-11-9(4-1-5-10(11)14)12(16)8-3-2-6-15-7-8/h1-7H. The first-order valence-corrected chi connectivity index (χ1v) is 6.04. The molecule has 0 saturated carbocycles. The Kier molecular flexibility index (Phi) is 3.56. The predicted molar refractivity (Wildman–Crippen MR) is 71.8 cm³/mol. The van der Waals surface area contributed by atoms with Crippen molar-refractivity contribution in [3.8, 4) is 0 Å². The fourth-order valence-corrected chi connectivity index (χ4v) is 2.04. The molecule has 1 aromatic heterocycles. The highest BCUT2D eigenvalue weighted by atomic mass is 127. The minimum absolute atomic E-state index is 0.100. The molecule has 0 amide bonds. The fourth-order valence-electron chi connectivity index (χ4n) is 1.33. The van der Waals surface area contributed by atoms with E-state index in [9.17, 15) is 4.79 Å². The molecule has 2 aromatic rings. The van der Waals surface area contributed by atoms with E-state index in [4.69, 9.17) is 11.6 Å². The van der Waals surface area contributed by atoms with Crippen LogP contribution in [0.25, 0.3) is 0 Å². The van der Waals surface area contributed by atoms with Crippen molar-refractivity contribution in [2.75, 3.05) is 0 Å². The number of aromatic nitrogens is 1. The van der Waals surface area contributed by atoms with Crippen LogP contribution in [0.4, 0.5) is 0 Å². The number of hydrogen-bond acceptors (Lipinski definition) is 2. The summed E-state index contributed by atoms with van der Waals surface area (Å²) in [6.45, 7) is 0. The van der Waals surface area contributed by atoms with E-state index in [0.29, 0.717) is 16.1 Å². The van der Waals surface area contributed by atoms with Crippen LogP contribution >= 0.6 is 34.2 Å². The molecule has 0 bridgehead atoms. The second-order valence-corrected chi connectivity index (χ2v) is 4.71. The molecule has 80 valence electrons. The normalized spacial score (nSPS) is 10.1. The molecule has 16 heavy (non-hydrogen) atoms. The van der Waals surface area contributed by atoms with E-state index >= 15 is 0 Å². The van der Waals surface area contributed by atoms with E-state index in [0.717, 1.165) is 3.57 Å². The van der Waals surface area contributed by atoms with Crippen molar-refractivity contribution >= 4 is 40.0 Å². The summed E-state index contributed by atoms with van der Waals surface area (Å²) in [6, 6.07) is 8.86. The number of benzene rings is 1. The van der Waals surface area contributed by atoms with Gasteiger partial charge in [-0.1, -0.05) is 17.7 Å². The van der Waals surface area contributed by atoms with Crippen LogP contribution in [0.5, 0.6) is 0 Å². The van der Waals surface area contributed by atoms with Gasteiger partial charge in [-0.05, 0) is 46.9 Å². The summed E-state index contributed by atoms with van der Waals surface area (Å²) in [6.07, 6.45) is 3.17. The molecule has 1 heterocycles. The number of nitrogens with zero attached hydrogens (tertiary/aromatic N) is 1. The molecule has 0 saturated heterocycles. The molecular weight excluding hydrogens is 336 g/mol. The molecule has 0 fully saturated rings. The van der Waals surface area contributed by atoms with Gasteiger partial charge in [0.1, 0.15) is 0 Å². The summed E-state index contributed by atoms with van der Waals surface area (Å²) in [4.78, 5) is 16.0. The molecule has 2 nitrogen and oxygen atoms in total. The number of carbonyl (C=O) groups is 1. The molecule has 0 aliphatic rings. The van der Waals surface area contributed by atoms with Gasteiger partial charge in [0.05, 0.1) is 5.02 Å². The molecule has 0 N–H and O–H groups in total. The van der Waals surface area contributed by atoms with Crippen molar-refractivity contribution < 1.29 is 4.79 Å². The van der Waals surface area contributed by atoms with Gasteiger partial charge in [0.25, 0.3) is 0 Å². The molecule has 1 aromatic carbocycles. The Labute approximate surface area is 112 Å². The van der Waals surface area contributed by atoms with Gasteiger partial charge >= 0.3 is 0 Å². The summed E-state index contributed by atoms with van der Waals surface area (Å²) in [5.74, 6) is -0.100. The molecule has 0 aliphatic carbocycles. The van der Waals surface area contributed by atoms with Gasteiger partial charge in [-0.25, -0.2) is 0 Å². The summed E-state index contributed by atoms with van der Waals surface area (Å²) >= 11 is 8.19. The number of ketones is 1. The molecule has 4 heteroatoms. The maximum atomic E-state index is 12.1. The molecule has 2 rings (SSSR count). The van der Waals surface area contributed by atoms with Gasteiger partial charge < -0.3 is 0 Å². The van der Waals surface area contributed by atoms with E-state index in [1.54, 1.807) is 30.6 Å². The number of rotatable bonds is 2. The van der Waals surface area contributed by atoms with E-state index in [1.165, 1.54) is 0 Å². The van der Waals surface area contributed by atoms with Crippen molar-refractivity contribution in [3.05, 3.63) is 62.4 Å². The average Bonchev–Trinajstić information content (AvgIpc) is 2.33. The first-order valence-electron chi connectivity index (χ1n) is 4.59. The second-order valence-electron chi connectivity index (χ2n) is 3.17. The van der Waals surface area contributed by atoms with E-state index in [1.807, 2.05) is 12.1 Å². The minimum Gasteiger partial charge on any atom is -0.288 e. The van der Waals surface area contributed by atoms with Gasteiger partial charge in [-0.2, -0.15) is 0 Å². The lowest BCUT2D eigenvalue weighted by atomic mass is 10.1. The van der Waals surface area contributed by atoms with Crippen molar-refractivity contribution in [1.82, 2.24) is 4.98 Å². The number of halogens is 2. The van der Waals surface area contributed by atoms with Crippen LogP contribution in [-0.4, -0.2) is 10.8 Å². The van der Waals surface area contributed by atoms with Gasteiger partial charge in [0.2, 0.25) is 0 Å². The molecule has 0 atom stereocenters.